The average Bonchev–Trinajstić information content (AvgIpc) is 2.93. The zero-order chi connectivity index (χ0) is 19.2. The van der Waals surface area contributed by atoms with Crippen LogP contribution in [0, 0.1) is 0 Å². The molecule has 0 N–H and O–H groups in total. The van der Waals surface area contributed by atoms with Crippen LogP contribution in [-0.4, -0.2) is 37.6 Å². The summed E-state index contributed by atoms with van der Waals surface area (Å²) in [5.74, 6) is 1.60. The average molecular weight is 408 g/mol. The monoisotopic (exact) mass is 407 g/mol. The first-order valence-electron chi connectivity index (χ1n) is 9.06. The van der Waals surface area contributed by atoms with Gasteiger partial charge in [-0.25, -0.2) is 0 Å². The molecule has 0 saturated carbocycles. The third-order valence-electron chi connectivity index (χ3n) is 4.86. The Labute approximate surface area is 170 Å². The van der Waals surface area contributed by atoms with Gasteiger partial charge in [-0.3, -0.25) is 4.79 Å². The standard InChI is InChI=1S/C21H23Cl2NO3/c1-26-18-8-5-15(6-9-18)16-4-2-3-11-24(13-16)21(25)14-27-20-10-7-17(22)12-19(20)23/h5-10,12,16H,2-4,11,13-14H2,1H3. The highest BCUT2D eigenvalue weighted by atomic mass is 35.5. The van der Waals surface area contributed by atoms with Gasteiger partial charge < -0.3 is 14.4 Å². The van der Waals surface area contributed by atoms with E-state index in [0.29, 0.717) is 28.3 Å². The van der Waals surface area contributed by atoms with E-state index in [2.05, 4.69) is 12.1 Å². The zero-order valence-corrected chi connectivity index (χ0v) is 16.8. The Morgan fingerprint density at radius 2 is 1.93 bits per heavy atom. The summed E-state index contributed by atoms with van der Waals surface area (Å²) in [6.45, 7) is 1.42. The van der Waals surface area contributed by atoms with E-state index in [1.165, 1.54) is 5.56 Å². The summed E-state index contributed by atoms with van der Waals surface area (Å²) in [7, 11) is 1.66. The first-order chi connectivity index (χ1) is 13.1. The van der Waals surface area contributed by atoms with E-state index in [1.807, 2.05) is 17.0 Å². The SMILES string of the molecule is COc1ccc(C2CCCCN(C(=O)COc3ccc(Cl)cc3Cl)C2)cc1. The summed E-state index contributed by atoms with van der Waals surface area (Å²) < 4.78 is 10.9. The minimum absolute atomic E-state index is 0.0265. The molecule has 0 aliphatic carbocycles. The maximum Gasteiger partial charge on any atom is 0.260 e. The molecule has 1 aliphatic rings. The Morgan fingerprint density at radius 1 is 1.15 bits per heavy atom. The van der Waals surface area contributed by atoms with E-state index in [4.69, 9.17) is 32.7 Å². The summed E-state index contributed by atoms with van der Waals surface area (Å²) in [5.41, 5.74) is 1.23. The topological polar surface area (TPSA) is 38.8 Å². The van der Waals surface area contributed by atoms with Gasteiger partial charge in [-0.05, 0) is 48.7 Å². The molecule has 6 heteroatoms. The Morgan fingerprint density at radius 3 is 2.63 bits per heavy atom. The molecule has 0 bridgehead atoms. The van der Waals surface area contributed by atoms with Crippen LogP contribution in [0.15, 0.2) is 42.5 Å². The molecule has 27 heavy (non-hydrogen) atoms. The molecule has 144 valence electrons. The van der Waals surface area contributed by atoms with E-state index >= 15 is 0 Å². The van der Waals surface area contributed by atoms with Crippen LogP contribution in [0.25, 0.3) is 0 Å². The molecule has 1 saturated heterocycles. The molecule has 4 nitrogen and oxygen atoms in total. The number of rotatable bonds is 5. The molecule has 0 spiro atoms. The summed E-state index contributed by atoms with van der Waals surface area (Å²) >= 11 is 12.0. The second-order valence-electron chi connectivity index (χ2n) is 6.67. The molecule has 1 heterocycles. The van der Waals surface area contributed by atoms with Gasteiger partial charge in [0, 0.05) is 24.0 Å². The highest BCUT2D eigenvalue weighted by Crippen LogP contribution is 2.29. The number of hydrogen-bond donors (Lipinski definition) is 0. The van der Waals surface area contributed by atoms with Gasteiger partial charge >= 0.3 is 0 Å². The molecular weight excluding hydrogens is 385 g/mol. The van der Waals surface area contributed by atoms with Crippen LogP contribution >= 0.6 is 23.2 Å². The molecule has 3 rings (SSSR count). The van der Waals surface area contributed by atoms with Crippen molar-refractivity contribution in [3.05, 3.63) is 58.1 Å². The minimum atomic E-state index is -0.0311. The molecule has 2 aromatic carbocycles. The van der Waals surface area contributed by atoms with E-state index < -0.39 is 0 Å². The van der Waals surface area contributed by atoms with E-state index in [-0.39, 0.29) is 12.5 Å². The highest BCUT2D eigenvalue weighted by molar-refractivity contribution is 6.35. The van der Waals surface area contributed by atoms with Crippen molar-refractivity contribution >= 4 is 29.1 Å². The number of carbonyl (C=O) groups is 1. The third kappa shape index (κ3) is 5.30. The quantitative estimate of drug-likeness (QED) is 0.685. The fourth-order valence-electron chi connectivity index (χ4n) is 3.34. The zero-order valence-electron chi connectivity index (χ0n) is 15.3. The molecular formula is C21H23Cl2NO3. The van der Waals surface area contributed by atoms with Crippen LogP contribution in [0.1, 0.15) is 30.7 Å². The van der Waals surface area contributed by atoms with Crippen LogP contribution in [0.5, 0.6) is 11.5 Å². The highest BCUT2D eigenvalue weighted by Gasteiger charge is 2.23. The molecule has 0 radical (unpaired) electrons. The van der Waals surface area contributed by atoms with E-state index in [0.717, 1.165) is 31.6 Å². The lowest BCUT2D eigenvalue weighted by atomic mass is 9.94. The number of nitrogens with zero attached hydrogens (tertiary/aromatic N) is 1. The lowest BCUT2D eigenvalue weighted by Crippen LogP contribution is -2.37. The number of likely N-dealkylation sites (tertiary alicyclic amines) is 1. The number of hydrogen-bond acceptors (Lipinski definition) is 3. The van der Waals surface area contributed by atoms with Crippen molar-refractivity contribution in [2.75, 3.05) is 26.8 Å². The largest absolute Gasteiger partial charge is 0.497 e. The van der Waals surface area contributed by atoms with Gasteiger partial charge in [0.15, 0.2) is 6.61 Å². The molecule has 1 fully saturated rings. The predicted molar refractivity (Wildman–Crippen MR) is 108 cm³/mol. The van der Waals surface area contributed by atoms with Crippen LogP contribution in [-0.2, 0) is 4.79 Å². The number of halogens is 2. The van der Waals surface area contributed by atoms with Gasteiger partial charge in [0.2, 0.25) is 0 Å². The maximum absolute atomic E-state index is 12.7. The second kappa shape index (κ2) is 9.34. The van der Waals surface area contributed by atoms with Gasteiger partial charge in [-0.15, -0.1) is 0 Å². The van der Waals surface area contributed by atoms with Crippen molar-refractivity contribution in [1.29, 1.82) is 0 Å². The summed E-state index contributed by atoms with van der Waals surface area (Å²) in [6.07, 6.45) is 3.17. The van der Waals surface area contributed by atoms with Crippen LogP contribution in [0.4, 0.5) is 0 Å². The van der Waals surface area contributed by atoms with E-state index in [1.54, 1.807) is 25.3 Å². The fourth-order valence-corrected chi connectivity index (χ4v) is 3.80. The summed E-state index contributed by atoms with van der Waals surface area (Å²) in [4.78, 5) is 14.6. The molecule has 2 aromatic rings. The molecule has 1 unspecified atom stereocenters. The maximum atomic E-state index is 12.7. The van der Waals surface area contributed by atoms with Gasteiger partial charge in [-0.1, -0.05) is 41.8 Å². The minimum Gasteiger partial charge on any atom is -0.497 e. The molecule has 1 atom stereocenters. The van der Waals surface area contributed by atoms with Crippen molar-refractivity contribution in [2.24, 2.45) is 0 Å². The summed E-state index contributed by atoms with van der Waals surface area (Å²) in [6, 6.07) is 13.1. The van der Waals surface area contributed by atoms with Gasteiger partial charge in [-0.2, -0.15) is 0 Å². The first-order valence-corrected chi connectivity index (χ1v) is 9.82. The van der Waals surface area contributed by atoms with Crippen molar-refractivity contribution in [3.8, 4) is 11.5 Å². The van der Waals surface area contributed by atoms with Gasteiger partial charge in [0.05, 0.1) is 12.1 Å². The molecule has 0 aromatic heterocycles. The Kier molecular flexibility index (Phi) is 6.86. The van der Waals surface area contributed by atoms with Gasteiger partial charge in [0.1, 0.15) is 11.5 Å². The molecule has 1 aliphatic heterocycles. The fraction of sp³-hybridized carbons (Fsp3) is 0.381. The third-order valence-corrected chi connectivity index (χ3v) is 5.39. The van der Waals surface area contributed by atoms with Crippen LogP contribution < -0.4 is 9.47 Å². The van der Waals surface area contributed by atoms with Crippen molar-refractivity contribution in [3.63, 3.8) is 0 Å². The predicted octanol–water partition coefficient (Wildman–Crippen LogP) is 5.18. The number of ether oxygens (including phenoxy) is 2. The second-order valence-corrected chi connectivity index (χ2v) is 7.51. The number of benzene rings is 2. The van der Waals surface area contributed by atoms with Crippen LogP contribution in [0.3, 0.4) is 0 Å². The Balaban J connectivity index is 1.62. The number of methoxy groups -OCH3 is 1. The lowest BCUT2D eigenvalue weighted by Gasteiger charge is -2.25. The lowest BCUT2D eigenvalue weighted by molar-refractivity contribution is -0.133. The van der Waals surface area contributed by atoms with Crippen molar-refractivity contribution in [2.45, 2.75) is 25.2 Å². The normalized spacial score (nSPS) is 17.3. The van der Waals surface area contributed by atoms with Crippen molar-refractivity contribution in [1.82, 2.24) is 4.90 Å². The summed E-state index contributed by atoms with van der Waals surface area (Å²) in [5, 5.41) is 0.941. The van der Waals surface area contributed by atoms with Crippen LogP contribution in [0.2, 0.25) is 10.0 Å². The number of carbonyl (C=O) groups excluding carboxylic acids is 1. The van der Waals surface area contributed by atoms with Gasteiger partial charge in [0.25, 0.3) is 5.91 Å². The number of amides is 1. The Bertz CT molecular complexity index is 779. The Hall–Kier alpha value is -1.91. The smallest absolute Gasteiger partial charge is 0.260 e. The molecule has 1 amide bonds. The van der Waals surface area contributed by atoms with Crippen molar-refractivity contribution < 1.29 is 14.3 Å². The van der Waals surface area contributed by atoms with E-state index in [9.17, 15) is 4.79 Å². The first kappa shape index (κ1) is 19.8.